The Labute approximate surface area is 98.2 Å². The van der Waals surface area contributed by atoms with Crippen LogP contribution in [0.5, 0.6) is 0 Å². The van der Waals surface area contributed by atoms with Crippen LogP contribution in [0.25, 0.3) is 0 Å². The van der Waals surface area contributed by atoms with Crippen molar-refractivity contribution in [1.29, 1.82) is 0 Å². The van der Waals surface area contributed by atoms with Gasteiger partial charge in [0, 0.05) is 0 Å². The van der Waals surface area contributed by atoms with Gasteiger partial charge in [0.05, 0.1) is 6.04 Å². The molecule has 1 heterocycles. The van der Waals surface area contributed by atoms with E-state index in [-0.39, 0.29) is 4.21 Å². The smallest absolute Gasteiger partial charge is 0.211 e. The zero-order valence-corrected chi connectivity index (χ0v) is 10.0. The molecule has 1 aromatic rings. The Balaban J connectivity index is 2.53. The molecule has 6 heteroatoms. The number of sulfone groups is 1. The van der Waals surface area contributed by atoms with Crippen molar-refractivity contribution in [1.82, 2.24) is 0 Å². The third-order valence-electron chi connectivity index (χ3n) is 2.53. The molecule has 0 fully saturated rings. The fourth-order valence-electron chi connectivity index (χ4n) is 1.51. The maximum atomic E-state index is 12.3. The lowest BCUT2D eigenvalue weighted by molar-refractivity contribution is 0.534. The molecule has 0 radical (unpaired) electrons. The van der Waals surface area contributed by atoms with Gasteiger partial charge in [-0.05, 0) is 17.5 Å². The molecule has 1 aromatic heterocycles. The van der Waals surface area contributed by atoms with Crippen LogP contribution in [0.4, 0.5) is 0 Å². The first kappa shape index (κ1) is 11.5. The minimum absolute atomic E-state index is 0.241. The average Bonchev–Trinajstić information content (AvgIpc) is 2.76. The van der Waals surface area contributed by atoms with Gasteiger partial charge in [-0.15, -0.1) is 11.3 Å². The van der Waals surface area contributed by atoms with Gasteiger partial charge in [-0.1, -0.05) is 24.3 Å². The van der Waals surface area contributed by atoms with E-state index in [2.05, 4.69) is 0 Å². The van der Waals surface area contributed by atoms with Gasteiger partial charge in [0.1, 0.15) is 4.21 Å². The number of thiophene rings is 1. The zero-order valence-electron chi connectivity index (χ0n) is 8.41. The van der Waals surface area contributed by atoms with Crippen molar-refractivity contribution < 1.29 is 8.42 Å². The molecule has 0 spiro atoms. The van der Waals surface area contributed by atoms with E-state index in [1.165, 1.54) is 12.1 Å². The maximum Gasteiger partial charge on any atom is 0.211 e. The van der Waals surface area contributed by atoms with Crippen molar-refractivity contribution in [2.24, 2.45) is 11.5 Å². The topological polar surface area (TPSA) is 86.2 Å². The molecule has 0 saturated carbocycles. The highest BCUT2D eigenvalue weighted by Gasteiger charge is 2.44. The molecule has 2 rings (SSSR count). The molecule has 1 aliphatic rings. The SMILES string of the molecule is NC1C=CC=CC1(N)S(=O)(=O)c1cccs1. The summed E-state index contributed by atoms with van der Waals surface area (Å²) in [6.07, 6.45) is 6.33. The van der Waals surface area contributed by atoms with E-state index in [0.29, 0.717) is 0 Å². The predicted octanol–water partition coefficient (Wildman–Crippen LogP) is 0.630. The summed E-state index contributed by atoms with van der Waals surface area (Å²) in [6, 6.07) is 2.48. The van der Waals surface area contributed by atoms with Gasteiger partial charge < -0.3 is 11.5 Å². The average molecular weight is 256 g/mol. The summed E-state index contributed by atoms with van der Waals surface area (Å²) >= 11 is 1.14. The lowest BCUT2D eigenvalue weighted by Gasteiger charge is -2.31. The van der Waals surface area contributed by atoms with Gasteiger partial charge in [0.25, 0.3) is 0 Å². The van der Waals surface area contributed by atoms with Crippen LogP contribution in [-0.4, -0.2) is 19.3 Å². The minimum atomic E-state index is -3.63. The standard InChI is InChI=1S/C10H12N2O2S2/c11-8-4-1-2-6-10(8,12)16(13,14)9-5-3-7-15-9/h1-8H,11-12H2. The molecule has 86 valence electrons. The van der Waals surface area contributed by atoms with E-state index in [9.17, 15) is 8.42 Å². The first-order valence-corrected chi connectivity index (χ1v) is 7.03. The van der Waals surface area contributed by atoms with Gasteiger partial charge in [-0.25, -0.2) is 8.42 Å². The van der Waals surface area contributed by atoms with Gasteiger partial charge in [0.2, 0.25) is 9.84 Å². The molecular formula is C10H12N2O2S2. The third kappa shape index (κ3) is 1.54. The summed E-state index contributed by atoms with van der Waals surface area (Å²) in [7, 11) is -3.63. The molecular weight excluding hydrogens is 244 g/mol. The summed E-state index contributed by atoms with van der Waals surface area (Å²) in [5, 5.41) is 1.70. The van der Waals surface area contributed by atoms with E-state index in [0.717, 1.165) is 11.3 Å². The third-order valence-corrected chi connectivity index (χ3v) is 6.15. The van der Waals surface area contributed by atoms with Crippen molar-refractivity contribution in [2.75, 3.05) is 0 Å². The van der Waals surface area contributed by atoms with Crippen LogP contribution in [0.2, 0.25) is 0 Å². The fraction of sp³-hybridized carbons (Fsp3) is 0.200. The molecule has 0 aliphatic heterocycles. The highest BCUT2D eigenvalue weighted by molar-refractivity contribution is 7.95. The molecule has 4 nitrogen and oxygen atoms in total. The van der Waals surface area contributed by atoms with Crippen LogP contribution in [0.15, 0.2) is 46.0 Å². The lowest BCUT2D eigenvalue weighted by atomic mass is 10.0. The Morgan fingerprint density at radius 2 is 2.12 bits per heavy atom. The molecule has 2 unspecified atom stereocenters. The van der Waals surface area contributed by atoms with Crippen LogP contribution in [0.3, 0.4) is 0 Å². The summed E-state index contributed by atoms with van der Waals surface area (Å²) in [6.45, 7) is 0. The van der Waals surface area contributed by atoms with Crippen molar-refractivity contribution >= 4 is 21.2 Å². The maximum absolute atomic E-state index is 12.3. The second-order valence-corrected chi connectivity index (χ2v) is 6.92. The van der Waals surface area contributed by atoms with Gasteiger partial charge in [0.15, 0.2) is 4.87 Å². The normalized spacial score (nSPS) is 29.5. The summed E-state index contributed by atoms with van der Waals surface area (Å²) < 4.78 is 24.8. The minimum Gasteiger partial charge on any atom is -0.322 e. The largest absolute Gasteiger partial charge is 0.322 e. The van der Waals surface area contributed by atoms with E-state index >= 15 is 0 Å². The van der Waals surface area contributed by atoms with Crippen molar-refractivity contribution in [2.45, 2.75) is 15.1 Å². The van der Waals surface area contributed by atoms with Gasteiger partial charge >= 0.3 is 0 Å². The number of rotatable bonds is 2. The van der Waals surface area contributed by atoms with E-state index in [4.69, 9.17) is 11.5 Å². The monoisotopic (exact) mass is 256 g/mol. The van der Waals surface area contributed by atoms with Crippen LogP contribution in [-0.2, 0) is 9.84 Å². The van der Waals surface area contributed by atoms with Gasteiger partial charge in [-0.3, -0.25) is 0 Å². The molecule has 0 saturated heterocycles. The number of hydrogen-bond acceptors (Lipinski definition) is 5. The Hall–Kier alpha value is -0.950. The lowest BCUT2D eigenvalue weighted by Crippen LogP contribution is -2.58. The predicted molar refractivity (Wildman–Crippen MR) is 64.7 cm³/mol. The molecule has 0 bridgehead atoms. The van der Waals surface area contributed by atoms with Crippen molar-refractivity contribution in [3.05, 3.63) is 41.8 Å². The molecule has 2 atom stereocenters. The summed E-state index contributed by atoms with van der Waals surface area (Å²) in [5.74, 6) is 0. The van der Waals surface area contributed by atoms with Crippen molar-refractivity contribution in [3.63, 3.8) is 0 Å². The van der Waals surface area contributed by atoms with E-state index in [1.54, 1.807) is 29.7 Å². The molecule has 1 aliphatic carbocycles. The number of nitrogens with two attached hydrogens (primary N) is 2. The first-order chi connectivity index (χ1) is 7.48. The summed E-state index contributed by atoms with van der Waals surface area (Å²) in [4.78, 5) is -1.55. The Morgan fingerprint density at radius 1 is 1.38 bits per heavy atom. The second-order valence-electron chi connectivity index (χ2n) is 3.56. The molecule has 16 heavy (non-hydrogen) atoms. The van der Waals surface area contributed by atoms with Gasteiger partial charge in [-0.2, -0.15) is 0 Å². The quantitative estimate of drug-likeness (QED) is 0.812. The Kier molecular flexibility index (Phi) is 2.75. The second kappa shape index (κ2) is 3.81. The summed E-state index contributed by atoms with van der Waals surface area (Å²) in [5.41, 5.74) is 11.7. The van der Waals surface area contributed by atoms with Crippen LogP contribution in [0, 0.1) is 0 Å². The first-order valence-electron chi connectivity index (χ1n) is 4.67. The molecule has 4 N–H and O–H groups in total. The number of hydrogen-bond donors (Lipinski definition) is 2. The Bertz CT molecular complexity index is 531. The van der Waals surface area contributed by atoms with Crippen LogP contribution >= 0.6 is 11.3 Å². The molecule has 0 aromatic carbocycles. The molecule has 0 amide bonds. The highest BCUT2D eigenvalue weighted by Crippen LogP contribution is 2.30. The Morgan fingerprint density at radius 3 is 2.69 bits per heavy atom. The van der Waals surface area contributed by atoms with E-state index in [1.807, 2.05) is 0 Å². The van der Waals surface area contributed by atoms with E-state index < -0.39 is 20.8 Å². The highest BCUT2D eigenvalue weighted by atomic mass is 32.2. The number of allylic oxidation sites excluding steroid dienone is 2. The van der Waals surface area contributed by atoms with Crippen LogP contribution < -0.4 is 11.5 Å². The van der Waals surface area contributed by atoms with Crippen LogP contribution in [0.1, 0.15) is 0 Å². The zero-order chi connectivity index (χ0) is 11.8. The fourth-order valence-corrected chi connectivity index (χ4v) is 4.37. The van der Waals surface area contributed by atoms with Crippen molar-refractivity contribution in [3.8, 4) is 0 Å².